The highest BCUT2D eigenvalue weighted by Gasteiger charge is 2.30. The molecular formula is C18H17Cl2FN2O4S. The first-order valence-electron chi connectivity index (χ1n) is 8.39. The molecule has 3 rings (SSSR count). The molecule has 0 aromatic heterocycles. The van der Waals surface area contributed by atoms with Gasteiger partial charge in [-0.1, -0.05) is 23.2 Å². The molecule has 0 atom stereocenters. The summed E-state index contributed by atoms with van der Waals surface area (Å²) in [5.74, 6) is -0.402. The fourth-order valence-corrected chi connectivity index (χ4v) is 4.55. The minimum absolute atomic E-state index is 0.0789. The molecule has 0 N–H and O–H groups in total. The molecule has 0 radical (unpaired) electrons. The lowest BCUT2D eigenvalue weighted by Gasteiger charge is -2.34. The van der Waals surface area contributed by atoms with Crippen LogP contribution in [0.15, 0.2) is 47.4 Å². The van der Waals surface area contributed by atoms with Gasteiger partial charge in [-0.25, -0.2) is 12.8 Å². The zero-order chi connectivity index (χ0) is 20.3. The molecule has 1 aliphatic heterocycles. The predicted molar refractivity (Wildman–Crippen MR) is 104 cm³/mol. The van der Waals surface area contributed by atoms with Gasteiger partial charge in [-0.2, -0.15) is 4.31 Å². The SMILES string of the molecule is O=C(COc1ccc(Cl)cc1)N1CCN(S(=O)(=O)c2ccc(F)c(Cl)c2)CC1. The van der Waals surface area contributed by atoms with E-state index in [-0.39, 0.29) is 48.6 Å². The van der Waals surface area contributed by atoms with Crippen LogP contribution in [-0.4, -0.2) is 56.3 Å². The van der Waals surface area contributed by atoms with Gasteiger partial charge in [0.25, 0.3) is 5.91 Å². The van der Waals surface area contributed by atoms with Crippen LogP contribution < -0.4 is 4.74 Å². The van der Waals surface area contributed by atoms with Gasteiger partial charge in [-0.3, -0.25) is 4.79 Å². The molecule has 150 valence electrons. The summed E-state index contributed by atoms with van der Waals surface area (Å²) in [7, 11) is -3.81. The van der Waals surface area contributed by atoms with E-state index in [0.717, 1.165) is 12.1 Å². The molecule has 2 aromatic rings. The maximum absolute atomic E-state index is 13.3. The third-order valence-corrected chi connectivity index (χ3v) is 6.73. The third kappa shape index (κ3) is 4.75. The Bertz CT molecular complexity index is 962. The smallest absolute Gasteiger partial charge is 0.260 e. The number of hydrogen-bond acceptors (Lipinski definition) is 4. The van der Waals surface area contributed by atoms with Crippen molar-refractivity contribution in [2.24, 2.45) is 0 Å². The summed E-state index contributed by atoms with van der Waals surface area (Å²) in [6.45, 7) is 0.573. The van der Waals surface area contributed by atoms with Crippen molar-refractivity contribution in [2.45, 2.75) is 4.90 Å². The van der Waals surface area contributed by atoms with E-state index in [9.17, 15) is 17.6 Å². The number of halogens is 3. The van der Waals surface area contributed by atoms with Crippen molar-refractivity contribution < 1.29 is 22.3 Å². The Morgan fingerprint density at radius 2 is 1.68 bits per heavy atom. The number of hydrogen-bond donors (Lipinski definition) is 0. The van der Waals surface area contributed by atoms with Crippen LogP contribution >= 0.6 is 23.2 Å². The number of nitrogens with zero attached hydrogens (tertiary/aromatic N) is 2. The van der Waals surface area contributed by atoms with Crippen LogP contribution in [0.1, 0.15) is 0 Å². The Labute approximate surface area is 172 Å². The summed E-state index contributed by atoms with van der Waals surface area (Å²) < 4.78 is 45.3. The van der Waals surface area contributed by atoms with E-state index in [4.69, 9.17) is 27.9 Å². The standard InChI is InChI=1S/C18H17Cl2FN2O4S/c19-13-1-3-14(4-2-13)27-12-18(24)22-7-9-23(10-8-22)28(25,26)15-5-6-17(21)16(20)11-15/h1-6,11H,7-10,12H2. The van der Waals surface area contributed by atoms with Crippen LogP contribution in [0.2, 0.25) is 10.0 Å². The lowest BCUT2D eigenvalue weighted by molar-refractivity contribution is -0.134. The average molecular weight is 447 g/mol. The first-order chi connectivity index (χ1) is 13.3. The largest absolute Gasteiger partial charge is 0.484 e. The summed E-state index contributed by atoms with van der Waals surface area (Å²) >= 11 is 11.5. The van der Waals surface area contributed by atoms with E-state index >= 15 is 0 Å². The molecular weight excluding hydrogens is 430 g/mol. The van der Waals surface area contributed by atoms with Gasteiger partial charge in [0.15, 0.2) is 6.61 Å². The monoisotopic (exact) mass is 446 g/mol. The van der Waals surface area contributed by atoms with Crippen molar-refractivity contribution in [3.05, 3.63) is 58.3 Å². The highest BCUT2D eigenvalue weighted by molar-refractivity contribution is 7.89. The molecule has 1 aliphatic rings. The number of sulfonamides is 1. The number of piperazine rings is 1. The first-order valence-corrected chi connectivity index (χ1v) is 10.6. The molecule has 0 saturated carbocycles. The van der Waals surface area contributed by atoms with Gasteiger partial charge >= 0.3 is 0 Å². The van der Waals surface area contributed by atoms with E-state index in [1.807, 2.05) is 0 Å². The van der Waals surface area contributed by atoms with Gasteiger partial charge in [0.2, 0.25) is 10.0 Å². The fourth-order valence-electron chi connectivity index (χ4n) is 2.73. The zero-order valence-corrected chi connectivity index (χ0v) is 17.0. The number of ether oxygens (including phenoxy) is 1. The predicted octanol–water partition coefficient (Wildman–Crippen LogP) is 3.04. The maximum atomic E-state index is 13.3. The first kappa shape index (κ1) is 20.9. The third-order valence-electron chi connectivity index (χ3n) is 4.30. The van der Waals surface area contributed by atoms with Gasteiger partial charge < -0.3 is 9.64 Å². The van der Waals surface area contributed by atoms with Crippen molar-refractivity contribution in [3.63, 3.8) is 0 Å². The Morgan fingerprint density at radius 3 is 2.29 bits per heavy atom. The molecule has 10 heteroatoms. The van der Waals surface area contributed by atoms with Crippen LogP contribution in [0.25, 0.3) is 0 Å². The lowest BCUT2D eigenvalue weighted by Crippen LogP contribution is -2.51. The molecule has 28 heavy (non-hydrogen) atoms. The van der Waals surface area contributed by atoms with Crippen molar-refractivity contribution in [1.82, 2.24) is 9.21 Å². The van der Waals surface area contributed by atoms with Gasteiger partial charge in [0.05, 0.1) is 9.92 Å². The molecule has 6 nitrogen and oxygen atoms in total. The summed E-state index contributed by atoms with van der Waals surface area (Å²) in [6.07, 6.45) is 0. The highest BCUT2D eigenvalue weighted by atomic mass is 35.5. The highest BCUT2D eigenvalue weighted by Crippen LogP contribution is 2.23. The number of carbonyl (C=O) groups excluding carboxylic acids is 1. The molecule has 1 heterocycles. The average Bonchev–Trinajstić information content (AvgIpc) is 2.69. The van der Waals surface area contributed by atoms with Crippen LogP contribution in [0, 0.1) is 5.82 Å². The Balaban J connectivity index is 1.56. The summed E-state index contributed by atoms with van der Waals surface area (Å²) in [6, 6.07) is 9.92. The van der Waals surface area contributed by atoms with Crippen LogP contribution in [0.4, 0.5) is 4.39 Å². The molecule has 0 unspecified atom stereocenters. The summed E-state index contributed by atoms with van der Waals surface area (Å²) in [5, 5.41) is 0.313. The van der Waals surface area contributed by atoms with Crippen LogP contribution in [-0.2, 0) is 14.8 Å². The lowest BCUT2D eigenvalue weighted by atomic mass is 10.3. The van der Waals surface area contributed by atoms with Gasteiger partial charge in [-0.05, 0) is 42.5 Å². The van der Waals surface area contributed by atoms with Crippen LogP contribution in [0.3, 0.4) is 0 Å². The van der Waals surface area contributed by atoms with E-state index < -0.39 is 15.8 Å². The van der Waals surface area contributed by atoms with Crippen LogP contribution in [0.5, 0.6) is 5.75 Å². The van der Waals surface area contributed by atoms with Crippen molar-refractivity contribution in [3.8, 4) is 5.75 Å². The number of amides is 1. The molecule has 0 bridgehead atoms. The Morgan fingerprint density at radius 1 is 1.04 bits per heavy atom. The number of rotatable bonds is 5. The van der Waals surface area contributed by atoms with E-state index in [2.05, 4.69) is 0 Å². The quantitative estimate of drug-likeness (QED) is 0.707. The van der Waals surface area contributed by atoms with E-state index in [1.54, 1.807) is 29.2 Å². The summed E-state index contributed by atoms with van der Waals surface area (Å²) in [5.41, 5.74) is 0. The van der Waals surface area contributed by atoms with Crippen molar-refractivity contribution >= 4 is 39.1 Å². The second kappa shape index (κ2) is 8.65. The van der Waals surface area contributed by atoms with E-state index in [1.165, 1.54) is 10.4 Å². The molecule has 2 aromatic carbocycles. The minimum atomic E-state index is -3.81. The van der Waals surface area contributed by atoms with Gasteiger partial charge in [0, 0.05) is 31.2 Å². The second-order valence-electron chi connectivity index (χ2n) is 6.10. The summed E-state index contributed by atoms with van der Waals surface area (Å²) in [4.78, 5) is 13.8. The Kier molecular flexibility index (Phi) is 6.44. The van der Waals surface area contributed by atoms with Crippen molar-refractivity contribution in [1.29, 1.82) is 0 Å². The minimum Gasteiger partial charge on any atom is -0.484 e. The second-order valence-corrected chi connectivity index (χ2v) is 8.88. The maximum Gasteiger partial charge on any atom is 0.260 e. The molecule has 0 aliphatic carbocycles. The fraction of sp³-hybridized carbons (Fsp3) is 0.278. The zero-order valence-electron chi connectivity index (χ0n) is 14.6. The normalized spacial score (nSPS) is 15.5. The number of carbonyl (C=O) groups is 1. The molecule has 1 saturated heterocycles. The van der Waals surface area contributed by atoms with Gasteiger partial charge in [0.1, 0.15) is 11.6 Å². The molecule has 1 fully saturated rings. The topological polar surface area (TPSA) is 66.9 Å². The number of benzene rings is 2. The Hall–Kier alpha value is -1.87. The molecule has 0 spiro atoms. The van der Waals surface area contributed by atoms with Crippen molar-refractivity contribution in [2.75, 3.05) is 32.8 Å². The van der Waals surface area contributed by atoms with E-state index in [0.29, 0.717) is 10.8 Å². The molecule has 1 amide bonds. The van der Waals surface area contributed by atoms with Gasteiger partial charge in [-0.15, -0.1) is 0 Å².